The monoisotopic (exact) mass is 243 g/mol. The minimum Gasteiger partial charge on any atom is -0.466 e. The van der Waals surface area contributed by atoms with E-state index in [1.165, 1.54) is 19.3 Å². The van der Waals surface area contributed by atoms with Crippen LogP contribution in [0.3, 0.4) is 0 Å². The highest BCUT2D eigenvalue weighted by molar-refractivity contribution is 5.69. The zero-order valence-corrected chi connectivity index (χ0v) is 11.0. The number of carbonyl (C=O) groups excluding carboxylic acids is 1. The quantitative estimate of drug-likeness (QED) is 0.548. The molecule has 2 unspecified atom stereocenters. The summed E-state index contributed by atoms with van der Waals surface area (Å²) in [5, 5.41) is 3.49. The zero-order valence-electron chi connectivity index (χ0n) is 11.0. The van der Waals surface area contributed by atoms with Crippen LogP contribution in [-0.2, 0) is 14.3 Å². The summed E-state index contributed by atoms with van der Waals surface area (Å²) in [4.78, 5) is 11.1. The third kappa shape index (κ3) is 5.50. The molecule has 1 saturated carbocycles. The van der Waals surface area contributed by atoms with Gasteiger partial charge in [0.15, 0.2) is 0 Å². The topological polar surface area (TPSA) is 47.6 Å². The van der Waals surface area contributed by atoms with E-state index in [1.54, 1.807) is 7.11 Å². The van der Waals surface area contributed by atoms with Crippen molar-refractivity contribution in [1.29, 1.82) is 0 Å². The number of hydrogen-bond acceptors (Lipinski definition) is 4. The highest BCUT2D eigenvalue weighted by Gasteiger charge is 2.23. The second kappa shape index (κ2) is 8.48. The Morgan fingerprint density at radius 1 is 1.35 bits per heavy atom. The Bertz CT molecular complexity index is 221. The van der Waals surface area contributed by atoms with Gasteiger partial charge in [0.1, 0.15) is 0 Å². The molecule has 1 N–H and O–H groups in total. The van der Waals surface area contributed by atoms with Gasteiger partial charge in [0.05, 0.1) is 12.7 Å². The number of rotatable bonds is 7. The summed E-state index contributed by atoms with van der Waals surface area (Å²) in [5.41, 5.74) is 0. The molecule has 0 spiro atoms. The Morgan fingerprint density at radius 3 is 2.82 bits per heavy atom. The molecule has 0 saturated heterocycles. The third-order valence-corrected chi connectivity index (χ3v) is 3.27. The molecular formula is C13H25NO3. The van der Waals surface area contributed by atoms with Crippen molar-refractivity contribution in [3.63, 3.8) is 0 Å². The van der Waals surface area contributed by atoms with Gasteiger partial charge in [0, 0.05) is 19.6 Å². The molecule has 1 fully saturated rings. The van der Waals surface area contributed by atoms with E-state index in [2.05, 4.69) is 5.32 Å². The molecule has 0 amide bonds. The van der Waals surface area contributed by atoms with Crippen LogP contribution in [0.4, 0.5) is 0 Å². The maximum absolute atomic E-state index is 11.1. The van der Waals surface area contributed by atoms with Gasteiger partial charge in [-0.15, -0.1) is 0 Å². The Kier molecular flexibility index (Phi) is 7.21. The first-order valence-electron chi connectivity index (χ1n) is 6.69. The molecule has 0 aromatic rings. The van der Waals surface area contributed by atoms with Crippen molar-refractivity contribution in [3.8, 4) is 0 Å². The van der Waals surface area contributed by atoms with Crippen molar-refractivity contribution in [3.05, 3.63) is 0 Å². The maximum Gasteiger partial charge on any atom is 0.305 e. The van der Waals surface area contributed by atoms with E-state index in [-0.39, 0.29) is 5.97 Å². The first-order valence-corrected chi connectivity index (χ1v) is 6.69. The van der Waals surface area contributed by atoms with Crippen LogP contribution in [0.15, 0.2) is 0 Å². The van der Waals surface area contributed by atoms with Crippen LogP contribution in [0.5, 0.6) is 0 Å². The fourth-order valence-corrected chi connectivity index (χ4v) is 2.37. The SMILES string of the molecule is CCOC(=O)CCCNC1CCCCC1OC. The summed E-state index contributed by atoms with van der Waals surface area (Å²) >= 11 is 0. The average molecular weight is 243 g/mol. The zero-order chi connectivity index (χ0) is 12.5. The summed E-state index contributed by atoms with van der Waals surface area (Å²) in [6, 6.07) is 0.455. The van der Waals surface area contributed by atoms with Crippen LogP contribution in [0.25, 0.3) is 0 Å². The number of methoxy groups -OCH3 is 1. The number of nitrogens with one attached hydrogen (secondary N) is 1. The van der Waals surface area contributed by atoms with Crippen molar-refractivity contribution in [2.75, 3.05) is 20.3 Å². The Morgan fingerprint density at radius 2 is 2.12 bits per heavy atom. The van der Waals surface area contributed by atoms with Gasteiger partial charge >= 0.3 is 5.97 Å². The summed E-state index contributed by atoms with van der Waals surface area (Å²) in [6.45, 7) is 3.17. The van der Waals surface area contributed by atoms with Crippen LogP contribution in [-0.4, -0.2) is 38.4 Å². The number of ether oxygens (including phenoxy) is 2. The average Bonchev–Trinajstić information content (AvgIpc) is 2.35. The van der Waals surface area contributed by atoms with Crippen LogP contribution in [0, 0.1) is 0 Å². The molecule has 4 heteroatoms. The van der Waals surface area contributed by atoms with E-state index in [4.69, 9.17) is 9.47 Å². The second-order valence-corrected chi connectivity index (χ2v) is 4.53. The van der Waals surface area contributed by atoms with Crippen molar-refractivity contribution in [1.82, 2.24) is 5.32 Å². The van der Waals surface area contributed by atoms with Crippen molar-refractivity contribution in [2.45, 2.75) is 57.6 Å². The van der Waals surface area contributed by atoms with Gasteiger partial charge in [-0.25, -0.2) is 0 Å². The molecule has 0 aromatic heterocycles. The van der Waals surface area contributed by atoms with Gasteiger partial charge < -0.3 is 14.8 Å². The lowest BCUT2D eigenvalue weighted by Gasteiger charge is -2.31. The van der Waals surface area contributed by atoms with Gasteiger partial charge in [-0.2, -0.15) is 0 Å². The smallest absolute Gasteiger partial charge is 0.305 e. The first-order chi connectivity index (χ1) is 8.27. The Hall–Kier alpha value is -0.610. The molecular weight excluding hydrogens is 218 g/mol. The normalized spacial score (nSPS) is 24.6. The van der Waals surface area contributed by atoms with Crippen LogP contribution >= 0.6 is 0 Å². The minimum atomic E-state index is -0.0961. The van der Waals surface area contributed by atoms with Gasteiger partial charge in [-0.3, -0.25) is 4.79 Å². The standard InChI is InChI=1S/C13H25NO3/c1-3-17-13(15)9-6-10-14-11-7-4-5-8-12(11)16-2/h11-12,14H,3-10H2,1-2H3. The van der Waals surface area contributed by atoms with Crippen LogP contribution in [0.2, 0.25) is 0 Å². The van der Waals surface area contributed by atoms with Gasteiger partial charge in [0.2, 0.25) is 0 Å². The van der Waals surface area contributed by atoms with Crippen LogP contribution < -0.4 is 5.32 Å². The highest BCUT2D eigenvalue weighted by Crippen LogP contribution is 2.20. The van der Waals surface area contributed by atoms with E-state index in [1.807, 2.05) is 6.92 Å². The lowest BCUT2D eigenvalue weighted by molar-refractivity contribution is -0.143. The van der Waals surface area contributed by atoms with Crippen molar-refractivity contribution in [2.24, 2.45) is 0 Å². The van der Waals surface area contributed by atoms with Crippen molar-refractivity contribution < 1.29 is 14.3 Å². The molecule has 2 atom stereocenters. The van der Waals surface area contributed by atoms with Gasteiger partial charge in [-0.05, 0) is 32.7 Å². The molecule has 1 aliphatic rings. The third-order valence-electron chi connectivity index (χ3n) is 3.27. The van der Waals surface area contributed by atoms with E-state index in [0.29, 0.717) is 25.2 Å². The lowest BCUT2D eigenvalue weighted by Crippen LogP contribution is -2.43. The fraction of sp³-hybridized carbons (Fsp3) is 0.923. The molecule has 17 heavy (non-hydrogen) atoms. The van der Waals surface area contributed by atoms with E-state index < -0.39 is 0 Å². The number of carbonyl (C=O) groups is 1. The minimum absolute atomic E-state index is 0.0961. The summed E-state index contributed by atoms with van der Waals surface area (Å²) in [7, 11) is 1.78. The van der Waals surface area contributed by atoms with Crippen LogP contribution in [0.1, 0.15) is 45.4 Å². The maximum atomic E-state index is 11.1. The lowest BCUT2D eigenvalue weighted by atomic mass is 9.92. The summed E-state index contributed by atoms with van der Waals surface area (Å²) < 4.78 is 10.4. The molecule has 1 aliphatic carbocycles. The molecule has 1 rings (SSSR count). The molecule has 0 radical (unpaired) electrons. The number of esters is 1. The summed E-state index contributed by atoms with van der Waals surface area (Å²) in [5.74, 6) is -0.0961. The van der Waals surface area contributed by atoms with E-state index >= 15 is 0 Å². The second-order valence-electron chi connectivity index (χ2n) is 4.53. The fourth-order valence-electron chi connectivity index (χ4n) is 2.37. The summed E-state index contributed by atoms with van der Waals surface area (Å²) in [6.07, 6.45) is 6.54. The number of hydrogen-bond donors (Lipinski definition) is 1. The predicted molar refractivity (Wildman–Crippen MR) is 66.9 cm³/mol. The molecule has 0 aromatic carbocycles. The highest BCUT2D eigenvalue weighted by atomic mass is 16.5. The molecule has 4 nitrogen and oxygen atoms in total. The molecule has 0 bridgehead atoms. The molecule has 0 heterocycles. The predicted octanol–water partition coefficient (Wildman–Crippen LogP) is 1.88. The van der Waals surface area contributed by atoms with Crippen molar-refractivity contribution >= 4 is 5.97 Å². The van der Waals surface area contributed by atoms with Gasteiger partial charge in [0.25, 0.3) is 0 Å². The Balaban J connectivity index is 2.10. The molecule has 100 valence electrons. The largest absolute Gasteiger partial charge is 0.466 e. The van der Waals surface area contributed by atoms with E-state index in [0.717, 1.165) is 19.4 Å². The van der Waals surface area contributed by atoms with E-state index in [9.17, 15) is 4.79 Å². The Labute approximate surface area is 104 Å². The first kappa shape index (κ1) is 14.5. The molecule has 0 aliphatic heterocycles. The van der Waals surface area contributed by atoms with Gasteiger partial charge in [-0.1, -0.05) is 12.8 Å².